The van der Waals surface area contributed by atoms with Gasteiger partial charge in [0.25, 0.3) is 5.91 Å². The number of para-hydroxylation sites is 1. The van der Waals surface area contributed by atoms with Crippen LogP contribution in [0.5, 0.6) is 0 Å². The molecule has 0 aliphatic heterocycles. The number of aromatic nitrogens is 2. The van der Waals surface area contributed by atoms with Crippen LogP contribution in [0.15, 0.2) is 30.5 Å². The molecule has 0 saturated carbocycles. The average Bonchev–Trinajstić information content (AvgIpc) is 2.85. The lowest BCUT2D eigenvalue weighted by molar-refractivity contribution is 0.0948. The van der Waals surface area contributed by atoms with E-state index >= 15 is 0 Å². The van der Waals surface area contributed by atoms with Crippen molar-refractivity contribution in [2.24, 2.45) is 5.73 Å². The van der Waals surface area contributed by atoms with Crippen LogP contribution >= 0.6 is 11.6 Å². The molecule has 0 fully saturated rings. The number of urea groups is 1. The van der Waals surface area contributed by atoms with Crippen LogP contribution in [-0.4, -0.2) is 34.8 Å². The number of rotatable bonds is 5. The Balaban J connectivity index is 2.08. The van der Waals surface area contributed by atoms with Gasteiger partial charge in [0.2, 0.25) is 0 Å². The number of amides is 3. The van der Waals surface area contributed by atoms with Crippen LogP contribution in [0.25, 0.3) is 5.69 Å². The first kappa shape index (κ1) is 15.8. The number of carbonyl (C=O) groups is 2. The molecule has 0 atom stereocenters. The Hall–Kier alpha value is -2.54. The van der Waals surface area contributed by atoms with Gasteiger partial charge in [0.15, 0.2) is 5.69 Å². The maximum absolute atomic E-state index is 12.1. The summed E-state index contributed by atoms with van der Waals surface area (Å²) in [4.78, 5) is 22.6. The molecule has 22 heavy (non-hydrogen) atoms. The maximum Gasteiger partial charge on any atom is 0.312 e. The fourth-order valence-electron chi connectivity index (χ4n) is 1.89. The molecular weight excluding hydrogens is 306 g/mol. The summed E-state index contributed by atoms with van der Waals surface area (Å²) in [5.41, 5.74) is 6.66. The molecule has 1 aromatic carbocycles. The van der Waals surface area contributed by atoms with Gasteiger partial charge in [-0.1, -0.05) is 23.7 Å². The second kappa shape index (κ2) is 6.95. The molecule has 0 saturated heterocycles. The molecule has 0 spiro atoms. The Morgan fingerprint density at radius 1 is 1.27 bits per heavy atom. The molecule has 8 heteroatoms. The van der Waals surface area contributed by atoms with Crippen molar-refractivity contribution < 1.29 is 9.59 Å². The van der Waals surface area contributed by atoms with E-state index in [1.807, 2.05) is 18.2 Å². The summed E-state index contributed by atoms with van der Waals surface area (Å²) >= 11 is 6.12. The summed E-state index contributed by atoms with van der Waals surface area (Å²) in [5, 5.41) is 9.85. The minimum Gasteiger partial charge on any atom is -0.352 e. The Kier molecular flexibility index (Phi) is 5.00. The number of primary amides is 1. The van der Waals surface area contributed by atoms with Gasteiger partial charge in [-0.05, 0) is 19.1 Å². The third kappa shape index (κ3) is 3.76. The summed E-state index contributed by atoms with van der Waals surface area (Å²) in [7, 11) is 0. The first-order valence-corrected chi connectivity index (χ1v) is 6.99. The monoisotopic (exact) mass is 321 g/mol. The number of halogens is 1. The van der Waals surface area contributed by atoms with Crippen LogP contribution in [0.2, 0.25) is 5.02 Å². The van der Waals surface area contributed by atoms with Gasteiger partial charge in [-0.15, -0.1) is 0 Å². The second-order valence-electron chi connectivity index (χ2n) is 4.60. The standard InChI is InChI=1S/C14H16ClN5O2/c1-9-8-20(11-5-3-2-4-10(11)15)19-12(9)13(21)17-6-7-18-14(16)22/h2-5,8H,6-7H2,1H3,(H,17,21)(H3,16,18,22). The summed E-state index contributed by atoms with van der Waals surface area (Å²) < 4.78 is 1.56. The normalized spacial score (nSPS) is 10.3. The zero-order chi connectivity index (χ0) is 16.1. The number of nitrogens with zero attached hydrogens (tertiary/aromatic N) is 2. The quantitative estimate of drug-likeness (QED) is 0.722. The van der Waals surface area contributed by atoms with Crippen LogP contribution in [-0.2, 0) is 0 Å². The van der Waals surface area contributed by atoms with E-state index in [-0.39, 0.29) is 19.0 Å². The molecule has 0 radical (unpaired) electrons. The topological polar surface area (TPSA) is 102 Å². The third-order valence-corrected chi connectivity index (χ3v) is 3.24. The molecule has 1 aromatic heterocycles. The molecular formula is C14H16ClN5O2. The number of nitrogens with two attached hydrogens (primary N) is 1. The number of carbonyl (C=O) groups excluding carboxylic acids is 2. The fraction of sp³-hybridized carbons (Fsp3) is 0.214. The van der Waals surface area contributed by atoms with Gasteiger partial charge in [-0.3, -0.25) is 4.79 Å². The molecule has 3 amide bonds. The Labute approximate surface area is 132 Å². The van der Waals surface area contributed by atoms with Crippen LogP contribution < -0.4 is 16.4 Å². The summed E-state index contributed by atoms with van der Waals surface area (Å²) in [6.45, 7) is 2.31. The van der Waals surface area contributed by atoms with Crippen molar-refractivity contribution in [1.29, 1.82) is 0 Å². The molecule has 2 aromatic rings. The number of hydrogen-bond donors (Lipinski definition) is 3. The van der Waals surface area contributed by atoms with Gasteiger partial charge in [-0.2, -0.15) is 5.10 Å². The van der Waals surface area contributed by atoms with E-state index < -0.39 is 6.03 Å². The molecule has 2 rings (SSSR count). The highest BCUT2D eigenvalue weighted by molar-refractivity contribution is 6.32. The molecule has 7 nitrogen and oxygen atoms in total. The molecule has 1 heterocycles. The highest BCUT2D eigenvalue weighted by Crippen LogP contribution is 2.20. The number of hydrogen-bond acceptors (Lipinski definition) is 3. The third-order valence-electron chi connectivity index (χ3n) is 2.92. The number of aryl methyl sites for hydroxylation is 1. The van der Waals surface area contributed by atoms with Crippen molar-refractivity contribution >= 4 is 23.5 Å². The van der Waals surface area contributed by atoms with Crippen LogP contribution in [0.1, 0.15) is 16.1 Å². The average molecular weight is 322 g/mol. The predicted molar refractivity (Wildman–Crippen MR) is 83.2 cm³/mol. The lowest BCUT2D eigenvalue weighted by atomic mass is 10.2. The molecule has 4 N–H and O–H groups in total. The summed E-state index contributed by atoms with van der Waals surface area (Å²) in [5.74, 6) is -0.324. The van der Waals surface area contributed by atoms with E-state index in [1.165, 1.54) is 0 Å². The van der Waals surface area contributed by atoms with Gasteiger partial charge in [0.1, 0.15) is 0 Å². The zero-order valence-corrected chi connectivity index (χ0v) is 12.7. The second-order valence-corrected chi connectivity index (χ2v) is 5.01. The SMILES string of the molecule is Cc1cn(-c2ccccc2Cl)nc1C(=O)NCCNC(N)=O. The highest BCUT2D eigenvalue weighted by Gasteiger charge is 2.15. The lowest BCUT2D eigenvalue weighted by Gasteiger charge is -2.05. The van der Waals surface area contributed by atoms with Crippen LogP contribution in [0.3, 0.4) is 0 Å². The van der Waals surface area contributed by atoms with Crippen molar-refractivity contribution in [2.45, 2.75) is 6.92 Å². The zero-order valence-electron chi connectivity index (χ0n) is 12.0. The van der Waals surface area contributed by atoms with Gasteiger partial charge in [-0.25, -0.2) is 9.48 Å². The van der Waals surface area contributed by atoms with Crippen molar-refractivity contribution in [3.63, 3.8) is 0 Å². The minimum absolute atomic E-state index is 0.255. The molecule has 0 bridgehead atoms. The van der Waals surface area contributed by atoms with Crippen LogP contribution in [0, 0.1) is 6.92 Å². The Morgan fingerprint density at radius 2 is 1.95 bits per heavy atom. The van der Waals surface area contributed by atoms with E-state index in [9.17, 15) is 9.59 Å². The van der Waals surface area contributed by atoms with E-state index in [1.54, 1.807) is 23.9 Å². The van der Waals surface area contributed by atoms with Crippen molar-refractivity contribution in [3.8, 4) is 5.69 Å². The van der Waals surface area contributed by atoms with Gasteiger partial charge >= 0.3 is 6.03 Å². The van der Waals surface area contributed by atoms with Gasteiger partial charge < -0.3 is 16.4 Å². The maximum atomic E-state index is 12.1. The van der Waals surface area contributed by atoms with E-state index in [0.717, 1.165) is 5.56 Å². The van der Waals surface area contributed by atoms with Crippen molar-refractivity contribution in [3.05, 3.63) is 46.7 Å². The largest absolute Gasteiger partial charge is 0.352 e. The summed E-state index contributed by atoms with van der Waals surface area (Å²) in [6, 6.07) is 6.60. The minimum atomic E-state index is -0.631. The number of benzene rings is 1. The summed E-state index contributed by atoms with van der Waals surface area (Å²) in [6.07, 6.45) is 1.73. The van der Waals surface area contributed by atoms with Gasteiger partial charge in [0, 0.05) is 24.8 Å². The predicted octanol–water partition coefficient (Wildman–Crippen LogP) is 1.23. The van der Waals surface area contributed by atoms with Crippen molar-refractivity contribution in [1.82, 2.24) is 20.4 Å². The molecule has 116 valence electrons. The first-order chi connectivity index (χ1) is 10.5. The van der Waals surface area contributed by atoms with Gasteiger partial charge in [0.05, 0.1) is 10.7 Å². The fourth-order valence-corrected chi connectivity index (χ4v) is 2.11. The Morgan fingerprint density at radius 3 is 2.64 bits per heavy atom. The van der Waals surface area contributed by atoms with E-state index in [2.05, 4.69) is 15.7 Å². The highest BCUT2D eigenvalue weighted by atomic mass is 35.5. The number of nitrogens with one attached hydrogen (secondary N) is 2. The Bertz CT molecular complexity index is 698. The first-order valence-electron chi connectivity index (χ1n) is 6.61. The van der Waals surface area contributed by atoms with Crippen molar-refractivity contribution in [2.75, 3.05) is 13.1 Å². The van der Waals surface area contributed by atoms with E-state index in [0.29, 0.717) is 16.4 Å². The smallest absolute Gasteiger partial charge is 0.312 e. The molecule has 0 unspecified atom stereocenters. The van der Waals surface area contributed by atoms with Crippen LogP contribution in [0.4, 0.5) is 4.79 Å². The van der Waals surface area contributed by atoms with E-state index in [4.69, 9.17) is 17.3 Å². The lowest BCUT2D eigenvalue weighted by Crippen LogP contribution is -2.37. The molecule has 0 aliphatic rings. The molecule has 0 aliphatic carbocycles.